The van der Waals surface area contributed by atoms with Crippen LogP contribution in [0.25, 0.3) is 11.2 Å². The Morgan fingerprint density at radius 3 is 2.71 bits per heavy atom. The first-order chi connectivity index (χ1) is 11.6. The van der Waals surface area contributed by atoms with Crippen LogP contribution in [0, 0.1) is 6.92 Å². The zero-order valence-electron chi connectivity index (χ0n) is 13.2. The molecule has 0 amide bonds. The summed E-state index contributed by atoms with van der Waals surface area (Å²) in [4.78, 5) is 20.2. The summed E-state index contributed by atoms with van der Waals surface area (Å²) >= 11 is 0. The molecule has 0 unspecified atom stereocenters. The van der Waals surface area contributed by atoms with E-state index >= 15 is 0 Å². The molecule has 0 fully saturated rings. The summed E-state index contributed by atoms with van der Waals surface area (Å²) in [7, 11) is 0. The van der Waals surface area contributed by atoms with E-state index in [1.807, 2.05) is 30.3 Å². The first-order valence-electron chi connectivity index (χ1n) is 7.59. The molecule has 0 saturated heterocycles. The SMILES string of the molecule is Cc1nc2c(NCc3ccccc3)c(C(=O)O)cnc2n1CCO. The molecule has 0 atom stereocenters. The van der Waals surface area contributed by atoms with E-state index in [-0.39, 0.29) is 12.2 Å². The number of imidazole rings is 1. The Kier molecular flexibility index (Phi) is 4.43. The van der Waals surface area contributed by atoms with Crippen LogP contribution in [0.15, 0.2) is 36.5 Å². The molecule has 0 saturated carbocycles. The maximum Gasteiger partial charge on any atom is 0.339 e. The van der Waals surface area contributed by atoms with E-state index in [9.17, 15) is 15.0 Å². The second-order valence-electron chi connectivity index (χ2n) is 5.40. The van der Waals surface area contributed by atoms with E-state index in [0.717, 1.165) is 5.56 Å². The van der Waals surface area contributed by atoms with Crippen LogP contribution < -0.4 is 5.32 Å². The van der Waals surface area contributed by atoms with Crippen LogP contribution in [-0.4, -0.2) is 37.3 Å². The molecule has 0 aliphatic rings. The van der Waals surface area contributed by atoms with Crippen LogP contribution in [0.5, 0.6) is 0 Å². The molecule has 0 aliphatic carbocycles. The van der Waals surface area contributed by atoms with Gasteiger partial charge in [0, 0.05) is 19.3 Å². The topological polar surface area (TPSA) is 100 Å². The van der Waals surface area contributed by atoms with Gasteiger partial charge in [-0.05, 0) is 12.5 Å². The quantitative estimate of drug-likeness (QED) is 0.641. The van der Waals surface area contributed by atoms with Gasteiger partial charge in [0.2, 0.25) is 0 Å². The summed E-state index contributed by atoms with van der Waals surface area (Å²) in [5.74, 6) is -0.383. The summed E-state index contributed by atoms with van der Waals surface area (Å²) < 4.78 is 1.77. The molecule has 24 heavy (non-hydrogen) atoms. The van der Waals surface area contributed by atoms with Crippen molar-refractivity contribution in [3.8, 4) is 0 Å². The fourth-order valence-electron chi connectivity index (χ4n) is 2.66. The number of nitrogens with zero attached hydrogens (tertiary/aromatic N) is 3. The van der Waals surface area contributed by atoms with Crippen LogP contribution in [0.2, 0.25) is 0 Å². The van der Waals surface area contributed by atoms with Gasteiger partial charge in [0.1, 0.15) is 16.9 Å². The van der Waals surface area contributed by atoms with Gasteiger partial charge in [-0.25, -0.2) is 14.8 Å². The molecule has 7 nitrogen and oxygen atoms in total. The first kappa shape index (κ1) is 15.9. The molecule has 3 aromatic rings. The van der Waals surface area contributed by atoms with Gasteiger partial charge < -0.3 is 20.1 Å². The fraction of sp³-hybridized carbons (Fsp3) is 0.235. The lowest BCUT2D eigenvalue weighted by Gasteiger charge is -2.11. The summed E-state index contributed by atoms with van der Waals surface area (Å²) in [5.41, 5.74) is 2.60. The second-order valence-corrected chi connectivity index (χ2v) is 5.40. The predicted octanol–water partition coefficient (Wildman–Crippen LogP) is 2.04. The number of fused-ring (bicyclic) bond motifs is 1. The van der Waals surface area contributed by atoms with Gasteiger partial charge in [-0.1, -0.05) is 30.3 Å². The molecule has 0 radical (unpaired) electrons. The summed E-state index contributed by atoms with van der Waals surface area (Å²) in [6.07, 6.45) is 1.33. The number of aliphatic hydroxyl groups is 1. The minimum Gasteiger partial charge on any atom is -0.478 e. The number of aromatic nitrogens is 3. The number of hydrogen-bond donors (Lipinski definition) is 3. The number of anilines is 1. The van der Waals surface area contributed by atoms with Crippen molar-refractivity contribution < 1.29 is 15.0 Å². The average Bonchev–Trinajstić information content (AvgIpc) is 2.90. The van der Waals surface area contributed by atoms with Crippen LogP contribution in [0.3, 0.4) is 0 Å². The number of benzene rings is 1. The third-order valence-electron chi connectivity index (χ3n) is 3.82. The van der Waals surface area contributed by atoms with E-state index in [2.05, 4.69) is 15.3 Å². The Morgan fingerprint density at radius 1 is 1.29 bits per heavy atom. The third-order valence-corrected chi connectivity index (χ3v) is 3.82. The smallest absolute Gasteiger partial charge is 0.339 e. The van der Waals surface area contributed by atoms with E-state index in [1.54, 1.807) is 11.5 Å². The van der Waals surface area contributed by atoms with Crippen molar-refractivity contribution in [3.05, 3.63) is 53.5 Å². The number of nitrogens with one attached hydrogen (secondary N) is 1. The Labute approximate surface area is 138 Å². The Bertz CT molecular complexity index is 874. The van der Waals surface area contributed by atoms with E-state index in [0.29, 0.717) is 35.8 Å². The number of hydrogen-bond acceptors (Lipinski definition) is 5. The zero-order valence-corrected chi connectivity index (χ0v) is 13.2. The second kappa shape index (κ2) is 6.67. The monoisotopic (exact) mass is 326 g/mol. The van der Waals surface area contributed by atoms with Crippen LogP contribution in [-0.2, 0) is 13.1 Å². The third kappa shape index (κ3) is 2.93. The van der Waals surface area contributed by atoms with Gasteiger partial charge in [0.05, 0.1) is 12.3 Å². The van der Waals surface area contributed by atoms with Crippen molar-refractivity contribution in [2.45, 2.75) is 20.0 Å². The average molecular weight is 326 g/mol. The number of carbonyl (C=O) groups is 1. The van der Waals surface area contributed by atoms with Crippen LogP contribution in [0.1, 0.15) is 21.7 Å². The normalized spacial score (nSPS) is 10.9. The first-order valence-corrected chi connectivity index (χ1v) is 7.59. The molecule has 3 N–H and O–H groups in total. The highest BCUT2D eigenvalue weighted by molar-refractivity contribution is 6.02. The van der Waals surface area contributed by atoms with Crippen LogP contribution >= 0.6 is 0 Å². The van der Waals surface area contributed by atoms with Gasteiger partial charge >= 0.3 is 5.97 Å². The van der Waals surface area contributed by atoms with Crippen molar-refractivity contribution >= 4 is 22.8 Å². The Balaban J connectivity index is 2.06. The molecule has 0 aliphatic heterocycles. The highest BCUT2D eigenvalue weighted by Crippen LogP contribution is 2.27. The zero-order chi connectivity index (χ0) is 17.1. The van der Waals surface area contributed by atoms with Gasteiger partial charge in [0.15, 0.2) is 5.65 Å². The van der Waals surface area contributed by atoms with Crippen molar-refractivity contribution in [1.29, 1.82) is 0 Å². The lowest BCUT2D eigenvalue weighted by atomic mass is 10.2. The largest absolute Gasteiger partial charge is 0.478 e. The molecule has 7 heteroatoms. The van der Waals surface area contributed by atoms with Gasteiger partial charge in [-0.15, -0.1) is 0 Å². The molecular weight excluding hydrogens is 308 g/mol. The molecule has 3 rings (SSSR count). The molecule has 0 spiro atoms. The minimum absolute atomic E-state index is 0.0402. The fourth-order valence-corrected chi connectivity index (χ4v) is 2.66. The van der Waals surface area contributed by atoms with Crippen molar-refractivity contribution in [1.82, 2.24) is 14.5 Å². The highest BCUT2D eigenvalue weighted by Gasteiger charge is 2.19. The van der Waals surface area contributed by atoms with Gasteiger partial charge in [-0.2, -0.15) is 0 Å². The van der Waals surface area contributed by atoms with Crippen LogP contribution in [0.4, 0.5) is 5.69 Å². The number of aliphatic hydroxyl groups excluding tert-OH is 1. The molecular formula is C17H18N4O3. The predicted molar refractivity (Wildman–Crippen MR) is 90.1 cm³/mol. The highest BCUT2D eigenvalue weighted by atomic mass is 16.4. The molecule has 2 heterocycles. The molecule has 2 aromatic heterocycles. The van der Waals surface area contributed by atoms with E-state index in [4.69, 9.17) is 0 Å². The van der Waals surface area contributed by atoms with Crippen molar-refractivity contribution in [2.75, 3.05) is 11.9 Å². The van der Waals surface area contributed by atoms with E-state index < -0.39 is 5.97 Å². The van der Waals surface area contributed by atoms with Gasteiger partial charge in [-0.3, -0.25) is 0 Å². The molecule has 124 valence electrons. The number of aromatic carboxylic acids is 1. The summed E-state index contributed by atoms with van der Waals surface area (Å²) in [5, 5.41) is 21.8. The van der Waals surface area contributed by atoms with Crippen molar-refractivity contribution in [3.63, 3.8) is 0 Å². The lowest BCUT2D eigenvalue weighted by molar-refractivity contribution is 0.0697. The van der Waals surface area contributed by atoms with Gasteiger partial charge in [0.25, 0.3) is 0 Å². The number of pyridine rings is 1. The maximum absolute atomic E-state index is 11.5. The minimum atomic E-state index is -1.06. The molecule has 0 bridgehead atoms. The summed E-state index contributed by atoms with van der Waals surface area (Å²) in [6.45, 7) is 2.60. The Morgan fingerprint density at radius 2 is 2.04 bits per heavy atom. The standard InChI is InChI=1S/C17H18N4O3/c1-11-20-15-14(18-9-12-5-3-2-4-6-12)13(17(23)24)10-19-16(15)21(11)7-8-22/h2-6,10,22H,7-9H2,1H3,(H,18,19)(H,23,24). The van der Waals surface area contributed by atoms with Crippen molar-refractivity contribution in [2.24, 2.45) is 0 Å². The molecule has 1 aromatic carbocycles. The number of rotatable bonds is 6. The maximum atomic E-state index is 11.5. The number of aryl methyl sites for hydroxylation is 1. The number of carboxylic acid groups (broad SMARTS) is 1. The summed E-state index contributed by atoms with van der Waals surface area (Å²) in [6, 6.07) is 9.70. The Hall–Kier alpha value is -2.93. The lowest BCUT2D eigenvalue weighted by Crippen LogP contribution is -2.09. The van der Waals surface area contributed by atoms with E-state index in [1.165, 1.54) is 6.20 Å². The number of carboxylic acids is 1.